The fraction of sp³-hybridized carbons (Fsp3) is 0.579. The molecule has 0 heterocycles. The molecule has 1 aliphatic carbocycles. The molecule has 1 aliphatic rings. The third-order valence-electron chi connectivity index (χ3n) is 5.37. The number of amides is 2. The average molecular weight is 351 g/mol. The predicted molar refractivity (Wildman–Crippen MR) is 98.0 cm³/mol. The van der Waals surface area contributed by atoms with Crippen LogP contribution in [0, 0.1) is 11.3 Å². The largest absolute Gasteiger partial charge is 0.345 e. The highest BCUT2D eigenvalue weighted by atomic mass is 35.5. The maximum atomic E-state index is 12.1. The van der Waals surface area contributed by atoms with E-state index in [0.29, 0.717) is 22.0 Å². The van der Waals surface area contributed by atoms with E-state index >= 15 is 0 Å². The first-order valence-corrected chi connectivity index (χ1v) is 9.07. The number of rotatable bonds is 4. The Bertz CT molecular complexity index is 593. The van der Waals surface area contributed by atoms with E-state index in [-0.39, 0.29) is 6.04 Å². The smallest absolute Gasteiger partial charge is 0.313 e. The zero-order chi connectivity index (χ0) is 17.7. The number of carbonyl (C=O) groups excluding carboxylic acids is 2. The van der Waals surface area contributed by atoms with Crippen molar-refractivity contribution in [2.45, 2.75) is 58.9 Å². The molecule has 1 aromatic carbocycles. The number of halogens is 1. The topological polar surface area (TPSA) is 58.2 Å². The van der Waals surface area contributed by atoms with Gasteiger partial charge in [0.1, 0.15) is 0 Å². The second-order valence-corrected chi connectivity index (χ2v) is 7.77. The lowest BCUT2D eigenvalue weighted by Crippen LogP contribution is -2.44. The van der Waals surface area contributed by atoms with Crippen LogP contribution in [0.15, 0.2) is 24.3 Å². The van der Waals surface area contributed by atoms with Gasteiger partial charge in [-0.15, -0.1) is 0 Å². The summed E-state index contributed by atoms with van der Waals surface area (Å²) in [6.07, 6.45) is 5.23. The molecule has 1 aromatic rings. The van der Waals surface area contributed by atoms with Crippen LogP contribution in [-0.4, -0.2) is 17.9 Å². The SMILES string of the molecule is CCC(C)(C)C1CCC(NC(=O)C(=O)Nc2cccc(Cl)c2)CC1. The van der Waals surface area contributed by atoms with E-state index in [1.165, 1.54) is 0 Å². The van der Waals surface area contributed by atoms with E-state index in [9.17, 15) is 9.59 Å². The molecule has 2 amide bonds. The molecule has 0 radical (unpaired) electrons. The summed E-state index contributed by atoms with van der Waals surface area (Å²) in [5.74, 6) is -0.530. The lowest BCUT2D eigenvalue weighted by Gasteiger charge is -2.39. The van der Waals surface area contributed by atoms with Gasteiger partial charge in [0, 0.05) is 16.8 Å². The van der Waals surface area contributed by atoms with Crippen molar-refractivity contribution in [1.82, 2.24) is 5.32 Å². The van der Waals surface area contributed by atoms with Crippen molar-refractivity contribution >= 4 is 29.1 Å². The summed E-state index contributed by atoms with van der Waals surface area (Å²) in [4.78, 5) is 24.1. The van der Waals surface area contributed by atoms with Crippen LogP contribution in [0.5, 0.6) is 0 Å². The molecule has 0 bridgehead atoms. The molecule has 0 atom stereocenters. The van der Waals surface area contributed by atoms with Crippen LogP contribution < -0.4 is 10.6 Å². The highest BCUT2D eigenvalue weighted by Gasteiger charge is 2.32. The second kappa shape index (κ2) is 8.02. The third kappa shape index (κ3) is 4.97. The fourth-order valence-electron chi connectivity index (χ4n) is 3.31. The molecule has 2 N–H and O–H groups in total. The van der Waals surface area contributed by atoms with Gasteiger partial charge in [-0.3, -0.25) is 9.59 Å². The minimum absolute atomic E-state index is 0.0894. The number of benzene rings is 1. The van der Waals surface area contributed by atoms with Crippen molar-refractivity contribution in [1.29, 1.82) is 0 Å². The van der Waals surface area contributed by atoms with Crippen LogP contribution in [0.4, 0.5) is 5.69 Å². The van der Waals surface area contributed by atoms with Gasteiger partial charge in [0.15, 0.2) is 0 Å². The van der Waals surface area contributed by atoms with E-state index in [1.54, 1.807) is 24.3 Å². The molecule has 2 rings (SSSR count). The Morgan fingerprint density at radius 1 is 1.17 bits per heavy atom. The highest BCUT2D eigenvalue weighted by molar-refractivity contribution is 6.40. The summed E-state index contributed by atoms with van der Waals surface area (Å²) in [6, 6.07) is 6.85. The number of anilines is 1. The summed E-state index contributed by atoms with van der Waals surface area (Å²) in [6.45, 7) is 6.86. The molecule has 5 heteroatoms. The summed E-state index contributed by atoms with van der Waals surface area (Å²) in [5, 5.41) is 5.96. The lowest BCUT2D eigenvalue weighted by molar-refractivity contribution is -0.136. The first-order chi connectivity index (χ1) is 11.3. The Balaban J connectivity index is 1.82. The van der Waals surface area contributed by atoms with Gasteiger partial charge in [0.25, 0.3) is 0 Å². The minimum atomic E-state index is -0.645. The number of nitrogens with one attached hydrogen (secondary N) is 2. The van der Waals surface area contributed by atoms with E-state index in [0.717, 1.165) is 32.1 Å². The summed E-state index contributed by atoms with van der Waals surface area (Å²) < 4.78 is 0. The zero-order valence-electron chi connectivity index (χ0n) is 14.7. The molecule has 24 heavy (non-hydrogen) atoms. The van der Waals surface area contributed by atoms with E-state index < -0.39 is 11.8 Å². The van der Waals surface area contributed by atoms with Gasteiger partial charge in [-0.25, -0.2) is 0 Å². The lowest BCUT2D eigenvalue weighted by atomic mass is 9.69. The van der Waals surface area contributed by atoms with Crippen molar-refractivity contribution < 1.29 is 9.59 Å². The average Bonchev–Trinajstić information content (AvgIpc) is 2.55. The van der Waals surface area contributed by atoms with Crippen LogP contribution >= 0.6 is 11.6 Å². The standard InChI is InChI=1S/C19H27ClN2O2/c1-4-19(2,3)13-8-10-15(11-9-13)21-17(23)18(24)22-16-7-5-6-14(20)12-16/h5-7,12-13,15H,4,8-11H2,1-3H3,(H,21,23)(H,22,24). The number of hydrogen-bond donors (Lipinski definition) is 2. The normalized spacial score (nSPS) is 21.2. The molecule has 1 saturated carbocycles. The highest BCUT2D eigenvalue weighted by Crippen LogP contribution is 2.40. The van der Waals surface area contributed by atoms with Crippen LogP contribution in [0.25, 0.3) is 0 Å². The molecule has 0 aliphatic heterocycles. The van der Waals surface area contributed by atoms with Crippen molar-refractivity contribution in [3.8, 4) is 0 Å². The van der Waals surface area contributed by atoms with Gasteiger partial charge in [0.05, 0.1) is 0 Å². The summed E-state index contributed by atoms with van der Waals surface area (Å²) in [5.41, 5.74) is 0.870. The Morgan fingerprint density at radius 2 is 1.83 bits per heavy atom. The maximum Gasteiger partial charge on any atom is 0.313 e. The van der Waals surface area contributed by atoms with Gasteiger partial charge in [-0.2, -0.15) is 0 Å². The molecule has 4 nitrogen and oxygen atoms in total. The van der Waals surface area contributed by atoms with Crippen LogP contribution in [-0.2, 0) is 9.59 Å². The van der Waals surface area contributed by atoms with Crippen LogP contribution in [0.3, 0.4) is 0 Å². The first kappa shape index (κ1) is 18.8. The molecule has 0 spiro atoms. The van der Waals surface area contributed by atoms with Gasteiger partial charge in [0.2, 0.25) is 0 Å². The number of hydrogen-bond acceptors (Lipinski definition) is 2. The van der Waals surface area contributed by atoms with E-state index in [2.05, 4.69) is 31.4 Å². The molecule has 0 unspecified atom stereocenters. The maximum absolute atomic E-state index is 12.1. The van der Waals surface area contributed by atoms with Crippen LogP contribution in [0.1, 0.15) is 52.9 Å². The number of carbonyl (C=O) groups is 2. The minimum Gasteiger partial charge on any atom is -0.345 e. The Kier molecular flexibility index (Phi) is 6.27. The van der Waals surface area contributed by atoms with Crippen molar-refractivity contribution in [3.05, 3.63) is 29.3 Å². The monoisotopic (exact) mass is 350 g/mol. The Morgan fingerprint density at radius 3 is 2.42 bits per heavy atom. The van der Waals surface area contributed by atoms with Gasteiger partial charge >= 0.3 is 11.8 Å². The predicted octanol–water partition coefficient (Wildman–Crippen LogP) is 4.39. The quantitative estimate of drug-likeness (QED) is 0.791. The molecular formula is C19H27ClN2O2. The molecule has 0 saturated heterocycles. The molecule has 0 aromatic heterocycles. The van der Waals surface area contributed by atoms with Crippen LogP contribution in [0.2, 0.25) is 5.02 Å². The zero-order valence-corrected chi connectivity index (χ0v) is 15.5. The molecule has 1 fully saturated rings. The second-order valence-electron chi connectivity index (χ2n) is 7.33. The van der Waals surface area contributed by atoms with Crippen molar-refractivity contribution in [2.75, 3.05) is 5.32 Å². The van der Waals surface area contributed by atoms with Gasteiger partial charge in [-0.1, -0.05) is 44.9 Å². The summed E-state index contributed by atoms with van der Waals surface area (Å²) >= 11 is 5.87. The first-order valence-electron chi connectivity index (χ1n) is 8.69. The fourth-order valence-corrected chi connectivity index (χ4v) is 3.50. The Hall–Kier alpha value is -1.55. The molecular weight excluding hydrogens is 324 g/mol. The Labute approximate surface area is 149 Å². The molecule has 132 valence electrons. The van der Waals surface area contributed by atoms with Gasteiger partial charge < -0.3 is 10.6 Å². The van der Waals surface area contributed by atoms with E-state index in [4.69, 9.17) is 11.6 Å². The van der Waals surface area contributed by atoms with E-state index in [1.807, 2.05) is 0 Å². The third-order valence-corrected chi connectivity index (χ3v) is 5.60. The van der Waals surface area contributed by atoms with Crippen molar-refractivity contribution in [2.24, 2.45) is 11.3 Å². The van der Waals surface area contributed by atoms with Gasteiger partial charge in [-0.05, 0) is 55.2 Å². The summed E-state index contributed by atoms with van der Waals surface area (Å²) in [7, 11) is 0. The van der Waals surface area contributed by atoms with Crippen molar-refractivity contribution in [3.63, 3.8) is 0 Å².